The summed E-state index contributed by atoms with van der Waals surface area (Å²) in [5, 5.41) is 10.8. The molecule has 6 nitrogen and oxygen atoms in total. The maximum absolute atomic E-state index is 14.1. The Morgan fingerprint density at radius 3 is 2.23 bits per heavy atom. The van der Waals surface area contributed by atoms with Gasteiger partial charge in [0.05, 0.1) is 16.7 Å². The third kappa shape index (κ3) is 7.66. The third-order valence-electron chi connectivity index (χ3n) is 7.91. The van der Waals surface area contributed by atoms with E-state index >= 15 is 0 Å². The van der Waals surface area contributed by atoms with E-state index in [4.69, 9.17) is 4.52 Å². The minimum atomic E-state index is -2.97. The van der Waals surface area contributed by atoms with E-state index in [9.17, 15) is 19.3 Å². The topological polar surface area (TPSA) is 83.9 Å². The number of carbonyl (C=O) groups excluding carboxylic acids is 1. The zero-order valence-corrected chi connectivity index (χ0v) is 26.0. The van der Waals surface area contributed by atoms with E-state index < -0.39 is 13.3 Å². The highest BCUT2D eigenvalue weighted by atomic mass is 32.1. The summed E-state index contributed by atoms with van der Waals surface area (Å²) in [6, 6.07) is 10.9. The molecule has 2 saturated carbocycles. The smallest absolute Gasteiger partial charge is 0.348 e. The van der Waals surface area contributed by atoms with Crippen molar-refractivity contribution in [2.24, 2.45) is 17.3 Å². The van der Waals surface area contributed by atoms with Crippen molar-refractivity contribution in [3.63, 3.8) is 0 Å². The highest BCUT2D eigenvalue weighted by molar-refractivity contribution is 7.66. The van der Waals surface area contributed by atoms with Gasteiger partial charge in [-0.05, 0) is 96.3 Å². The first-order valence-electron chi connectivity index (χ1n) is 14.4. The van der Waals surface area contributed by atoms with Crippen LogP contribution in [0.1, 0.15) is 93.6 Å². The number of amides is 1. The first-order valence-corrected chi connectivity index (χ1v) is 17.3. The van der Waals surface area contributed by atoms with Gasteiger partial charge in [0.1, 0.15) is 4.88 Å². The molecule has 1 N–H and O–H groups in total. The zero-order chi connectivity index (χ0) is 29.1. The minimum Gasteiger partial charge on any atom is -0.477 e. The summed E-state index contributed by atoms with van der Waals surface area (Å²) in [5.74, 6) is 5.83. The quantitative estimate of drug-likeness (QED) is 0.269. The van der Waals surface area contributed by atoms with Crippen molar-refractivity contribution in [1.82, 2.24) is 0 Å². The number of carboxylic acid groups (broad SMARTS) is 1. The van der Waals surface area contributed by atoms with Crippen molar-refractivity contribution in [2.45, 2.75) is 91.2 Å². The van der Waals surface area contributed by atoms with Crippen LogP contribution in [0.4, 0.5) is 5.69 Å². The van der Waals surface area contributed by atoms with Gasteiger partial charge in [0, 0.05) is 29.3 Å². The van der Waals surface area contributed by atoms with Crippen LogP contribution in [0.25, 0.3) is 0 Å². The fourth-order valence-electron chi connectivity index (χ4n) is 5.68. The Kier molecular flexibility index (Phi) is 9.66. The summed E-state index contributed by atoms with van der Waals surface area (Å²) in [6.07, 6.45) is 6.13. The lowest BCUT2D eigenvalue weighted by Gasteiger charge is -2.39. The normalized spacial score (nSPS) is 24.8. The molecule has 2 aliphatic carbocycles. The number of hydrogen-bond acceptors (Lipinski definition) is 5. The Bertz CT molecular complexity index is 1300. The van der Waals surface area contributed by atoms with Crippen LogP contribution in [0.5, 0.6) is 0 Å². The van der Waals surface area contributed by atoms with Gasteiger partial charge in [-0.3, -0.25) is 9.36 Å². The standard InChI is InChI=1S/C32H42NO5PS/c1-22-11-13-23(14-12-22)30(34)33(28-21-27(19-20-32(2,3)4)40-29(28)31(35)36)24-15-17-25(18-16-24)38-39(5,37)26-9-7-6-8-10-26/h6-10,21-25H,11-18H2,1-5H3,(H,35,36)/t22-,23-,24-,25-,39?. The summed E-state index contributed by atoms with van der Waals surface area (Å²) in [7, 11) is -2.97. The fourth-order valence-corrected chi connectivity index (χ4v) is 8.13. The summed E-state index contributed by atoms with van der Waals surface area (Å²) < 4.78 is 19.5. The third-order valence-corrected chi connectivity index (χ3v) is 10.9. The number of thiophene rings is 1. The number of nitrogens with zero attached hydrogens (tertiary/aromatic N) is 1. The second kappa shape index (κ2) is 12.6. The van der Waals surface area contributed by atoms with Crippen molar-refractivity contribution in [3.05, 3.63) is 46.2 Å². The first-order chi connectivity index (χ1) is 18.8. The molecule has 216 valence electrons. The van der Waals surface area contributed by atoms with E-state index in [1.807, 2.05) is 51.1 Å². The number of aromatic carboxylic acids is 1. The molecule has 8 heteroatoms. The molecule has 0 bridgehead atoms. The minimum absolute atomic E-state index is 0.0253. The number of benzene rings is 1. The molecule has 4 rings (SSSR count). The summed E-state index contributed by atoms with van der Waals surface area (Å²) in [4.78, 5) is 29.1. The highest BCUT2D eigenvalue weighted by Gasteiger charge is 2.38. The Balaban J connectivity index is 1.60. The van der Waals surface area contributed by atoms with Gasteiger partial charge in [0.25, 0.3) is 0 Å². The summed E-state index contributed by atoms with van der Waals surface area (Å²) in [6.45, 7) is 9.93. The van der Waals surface area contributed by atoms with Crippen molar-refractivity contribution in [2.75, 3.05) is 11.6 Å². The number of rotatable bonds is 7. The fraction of sp³-hybridized carbons (Fsp3) is 0.562. The molecular weight excluding hydrogens is 541 g/mol. The number of hydrogen-bond donors (Lipinski definition) is 1. The predicted molar refractivity (Wildman–Crippen MR) is 163 cm³/mol. The molecule has 2 fully saturated rings. The average molecular weight is 584 g/mol. The molecule has 1 amide bonds. The van der Waals surface area contributed by atoms with E-state index in [0.29, 0.717) is 47.5 Å². The van der Waals surface area contributed by atoms with Crippen molar-refractivity contribution < 1.29 is 23.8 Å². The largest absolute Gasteiger partial charge is 0.477 e. The van der Waals surface area contributed by atoms with Crippen LogP contribution in [-0.4, -0.2) is 35.8 Å². The molecule has 2 aromatic rings. The lowest BCUT2D eigenvalue weighted by molar-refractivity contribution is -0.124. The van der Waals surface area contributed by atoms with Crippen molar-refractivity contribution in [3.8, 4) is 11.8 Å². The maximum atomic E-state index is 14.1. The highest BCUT2D eigenvalue weighted by Crippen LogP contribution is 2.46. The van der Waals surface area contributed by atoms with Crippen LogP contribution in [0, 0.1) is 29.1 Å². The van der Waals surface area contributed by atoms with Crippen molar-refractivity contribution >= 4 is 41.6 Å². The van der Waals surface area contributed by atoms with Gasteiger partial charge in [-0.1, -0.05) is 37.0 Å². The van der Waals surface area contributed by atoms with Crippen LogP contribution >= 0.6 is 18.7 Å². The Labute approximate surface area is 243 Å². The van der Waals surface area contributed by atoms with Gasteiger partial charge < -0.3 is 14.5 Å². The SMILES string of the molecule is CC(C)(C)C#Cc1cc(N(C(=O)[C@H]2CC[C@H](C)CC2)[C@H]2CC[C@H](OP(C)(=O)c3ccccc3)CC2)c(C(=O)O)s1. The van der Waals surface area contributed by atoms with Gasteiger partial charge >= 0.3 is 5.97 Å². The molecule has 2 aliphatic rings. The van der Waals surface area contributed by atoms with Gasteiger partial charge in [-0.15, -0.1) is 11.3 Å². The molecule has 0 spiro atoms. The number of carbonyl (C=O) groups is 2. The summed E-state index contributed by atoms with van der Waals surface area (Å²) >= 11 is 1.14. The number of carboxylic acids is 1. The molecule has 1 atom stereocenters. The predicted octanol–water partition coefficient (Wildman–Crippen LogP) is 7.56. The zero-order valence-electron chi connectivity index (χ0n) is 24.3. The second-order valence-electron chi connectivity index (χ2n) is 12.5. The van der Waals surface area contributed by atoms with Crippen LogP contribution < -0.4 is 10.2 Å². The lowest BCUT2D eigenvalue weighted by Crippen LogP contribution is -2.47. The molecule has 1 aromatic carbocycles. The average Bonchev–Trinajstić information content (AvgIpc) is 3.33. The number of anilines is 1. The van der Waals surface area contributed by atoms with Crippen LogP contribution in [-0.2, 0) is 13.9 Å². The molecule has 0 saturated heterocycles. The van der Waals surface area contributed by atoms with Crippen LogP contribution in [0.3, 0.4) is 0 Å². The van der Waals surface area contributed by atoms with Crippen LogP contribution in [0.15, 0.2) is 36.4 Å². The van der Waals surface area contributed by atoms with Crippen LogP contribution in [0.2, 0.25) is 0 Å². The van der Waals surface area contributed by atoms with E-state index in [0.717, 1.165) is 37.0 Å². The Morgan fingerprint density at radius 1 is 1.02 bits per heavy atom. The molecule has 40 heavy (non-hydrogen) atoms. The second-order valence-corrected chi connectivity index (χ2v) is 16.0. The Morgan fingerprint density at radius 2 is 1.65 bits per heavy atom. The first kappa shape index (κ1) is 30.6. The molecule has 1 heterocycles. The molecule has 0 aliphatic heterocycles. The van der Waals surface area contributed by atoms with Crippen molar-refractivity contribution in [1.29, 1.82) is 0 Å². The maximum Gasteiger partial charge on any atom is 0.348 e. The van der Waals surface area contributed by atoms with Gasteiger partial charge in [0.2, 0.25) is 13.3 Å². The van der Waals surface area contributed by atoms with E-state index in [2.05, 4.69) is 18.8 Å². The molecule has 1 unspecified atom stereocenters. The molecule has 0 radical (unpaired) electrons. The molecule has 1 aromatic heterocycles. The monoisotopic (exact) mass is 583 g/mol. The summed E-state index contributed by atoms with van der Waals surface area (Å²) in [5.41, 5.74) is 0.243. The Hall–Kier alpha value is -2.39. The van der Waals surface area contributed by atoms with E-state index in [1.54, 1.807) is 17.6 Å². The molecular formula is C32H42NO5PS. The van der Waals surface area contributed by atoms with Gasteiger partial charge in [0.15, 0.2) is 0 Å². The van der Waals surface area contributed by atoms with Gasteiger partial charge in [-0.25, -0.2) is 4.79 Å². The van der Waals surface area contributed by atoms with E-state index in [1.165, 1.54) is 0 Å². The lowest BCUT2D eigenvalue weighted by atomic mass is 9.81. The van der Waals surface area contributed by atoms with Gasteiger partial charge in [-0.2, -0.15) is 0 Å². The van der Waals surface area contributed by atoms with E-state index in [-0.39, 0.29) is 34.3 Å².